The lowest BCUT2D eigenvalue weighted by Crippen LogP contribution is -2.56. The van der Waals surface area contributed by atoms with E-state index in [1.54, 1.807) is 30.3 Å². The van der Waals surface area contributed by atoms with Crippen molar-refractivity contribution in [1.29, 1.82) is 0 Å². The second kappa shape index (κ2) is 9.60. The number of nitrogens with one attached hydrogen (secondary N) is 2. The Morgan fingerprint density at radius 3 is 2.04 bits per heavy atom. The van der Waals surface area contributed by atoms with Gasteiger partial charge in [-0.15, -0.1) is 0 Å². The number of carbonyl (C=O) groups is 3. The van der Waals surface area contributed by atoms with E-state index in [0.29, 0.717) is 0 Å². The molecule has 132 valence electrons. The smallest absolute Gasteiger partial charge is 0.328 e. The molecular weight excluding hydrogens is 318 g/mol. The summed E-state index contributed by atoms with van der Waals surface area (Å²) >= 11 is 0. The Morgan fingerprint density at radius 2 is 1.54 bits per heavy atom. The van der Waals surface area contributed by atoms with Gasteiger partial charge < -0.3 is 31.7 Å². The molecule has 0 aromatic heterocycles. The van der Waals surface area contributed by atoms with E-state index < -0.39 is 49.1 Å². The molecule has 0 heterocycles. The third-order valence-electron chi connectivity index (χ3n) is 3.25. The van der Waals surface area contributed by atoms with Crippen LogP contribution in [0.25, 0.3) is 0 Å². The van der Waals surface area contributed by atoms with Gasteiger partial charge >= 0.3 is 5.97 Å². The van der Waals surface area contributed by atoms with Crippen LogP contribution in [0.2, 0.25) is 0 Å². The number of hydrogen-bond donors (Lipinski definition) is 6. The molecule has 9 heteroatoms. The number of carbonyl (C=O) groups excluding carboxylic acids is 2. The summed E-state index contributed by atoms with van der Waals surface area (Å²) in [5, 5.41) is 31.3. The monoisotopic (exact) mass is 339 g/mol. The number of carboxylic acids is 1. The van der Waals surface area contributed by atoms with Crippen LogP contribution in [0.4, 0.5) is 0 Å². The van der Waals surface area contributed by atoms with Gasteiger partial charge in [0.05, 0.1) is 13.2 Å². The van der Waals surface area contributed by atoms with Crippen LogP contribution >= 0.6 is 0 Å². The van der Waals surface area contributed by atoms with Crippen LogP contribution in [0.5, 0.6) is 0 Å². The number of aliphatic hydroxyl groups is 2. The fourth-order valence-corrected chi connectivity index (χ4v) is 1.88. The number of aliphatic hydroxyl groups excluding tert-OH is 2. The lowest BCUT2D eigenvalue weighted by atomic mass is 10.0. The minimum atomic E-state index is -1.49. The molecule has 0 radical (unpaired) electrons. The number of amides is 2. The largest absolute Gasteiger partial charge is 0.480 e. The molecule has 1 aromatic carbocycles. The van der Waals surface area contributed by atoms with Crippen LogP contribution in [0.15, 0.2) is 30.3 Å². The molecule has 3 atom stereocenters. The number of nitrogens with two attached hydrogens (primary N) is 1. The summed E-state index contributed by atoms with van der Waals surface area (Å²) in [6, 6.07) is 4.96. The molecule has 1 aromatic rings. The molecule has 0 fully saturated rings. The van der Waals surface area contributed by atoms with Gasteiger partial charge in [0.1, 0.15) is 18.1 Å². The molecule has 0 aliphatic heterocycles. The molecule has 0 saturated carbocycles. The Kier molecular flexibility index (Phi) is 7.83. The average molecular weight is 339 g/mol. The molecule has 0 unspecified atom stereocenters. The van der Waals surface area contributed by atoms with Gasteiger partial charge in [-0.1, -0.05) is 30.3 Å². The first-order chi connectivity index (χ1) is 11.4. The lowest BCUT2D eigenvalue weighted by Gasteiger charge is -2.22. The molecule has 1 rings (SSSR count). The van der Waals surface area contributed by atoms with Crippen LogP contribution in [0, 0.1) is 0 Å². The zero-order valence-corrected chi connectivity index (χ0v) is 12.9. The highest BCUT2D eigenvalue weighted by atomic mass is 16.4. The zero-order valence-electron chi connectivity index (χ0n) is 12.9. The molecule has 0 saturated heterocycles. The first-order valence-corrected chi connectivity index (χ1v) is 7.23. The Hall–Kier alpha value is -2.49. The van der Waals surface area contributed by atoms with Gasteiger partial charge in [0, 0.05) is 6.42 Å². The quantitative estimate of drug-likeness (QED) is 0.292. The molecule has 0 aliphatic rings. The molecular formula is C15H21N3O6. The van der Waals surface area contributed by atoms with Gasteiger partial charge in [-0.05, 0) is 5.56 Å². The third kappa shape index (κ3) is 5.95. The maximum atomic E-state index is 12.3. The van der Waals surface area contributed by atoms with Crippen molar-refractivity contribution in [2.24, 2.45) is 5.73 Å². The predicted octanol–water partition coefficient (Wildman–Crippen LogP) is -2.40. The fourth-order valence-electron chi connectivity index (χ4n) is 1.88. The summed E-state index contributed by atoms with van der Waals surface area (Å²) in [5.74, 6) is -2.93. The van der Waals surface area contributed by atoms with E-state index in [1.807, 2.05) is 0 Å². The highest BCUT2D eigenvalue weighted by Gasteiger charge is 2.27. The van der Waals surface area contributed by atoms with Crippen molar-refractivity contribution in [3.05, 3.63) is 35.9 Å². The van der Waals surface area contributed by atoms with Crippen molar-refractivity contribution >= 4 is 17.8 Å². The molecule has 7 N–H and O–H groups in total. The lowest BCUT2D eigenvalue weighted by molar-refractivity contribution is -0.143. The first kappa shape index (κ1) is 19.6. The van der Waals surface area contributed by atoms with Crippen LogP contribution in [0.3, 0.4) is 0 Å². The average Bonchev–Trinajstić information content (AvgIpc) is 2.58. The minimum absolute atomic E-state index is 0.0916. The molecule has 24 heavy (non-hydrogen) atoms. The molecule has 0 spiro atoms. The van der Waals surface area contributed by atoms with Crippen molar-refractivity contribution < 1.29 is 29.7 Å². The van der Waals surface area contributed by atoms with Crippen molar-refractivity contribution in [3.63, 3.8) is 0 Å². The van der Waals surface area contributed by atoms with Gasteiger partial charge in [0.25, 0.3) is 0 Å². The van der Waals surface area contributed by atoms with Crippen LogP contribution in [-0.2, 0) is 20.8 Å². The number of benzene rings is 1. The molecule has 0 bridgehead atoms. The minimum Gasteiger partial charge on any atom is -0.480 e. The predicted molar refractivity (Wildman–Crippen MR) is 83.8 cm³/mol. The summed E-state index contributed by atoms with van der Waals surface area (Å²) < 4.78 is 0. The zero-order chi connectivity index (χ0) is 18.1. The van der Waals surface area contributed by atoms with Crippen molar-refractivity contribution in [1.82, 2.24) is 10.6 Å². The molecule has 2 amide bonds. The Balaban J connectivity index is 2.88. The van der Waals surface area contributed by atoms with Crippen molar-refractivity contribution in [2.75, 3.05) is 13.2 Å². The maximum absolute atomic E-state index is 12.3. The van der Waals surface area contributed by atoms with E-state index in [0.717, 1.165) is 5.56 Å². The van der Waals surface area contributed by atoms with E-state index in [4.69, 9.17) is 21.1 Å². The van der Waals surface area contributed by atoms with Crippen LogP contribution < -0.4 is 16.4 Å². The molecule has 0 aliphatic carbocycles. The number of aliphatic carboxylic acids is 1. The second-order valence-electron chi connectivity index (χ2n) is 5.12. The maximum Gasteiger partial charge on any atom is 0.328 e. The molecule has 9 nitrogen and oxygen atoms in total. The number of hydrogen-bond acceptors (Lipinski definition) is 6. The van der Waals surface area contributed by atoms with Crippen LogP contribution in [-0.4, -0.2) is 64.4 Å². The summed E-state index contributed by atoms with van der Waals surface area (Å²) in [6.07, 6.45) is 0.0916. The SMILES string of the molecule is N[C@@H](CO)C(=O)N[C@@H](Cc1ccccc1)C(=O)N[C@@H](CO)C(=O)O. The summed E-state index contributed by atoms with van der Waals surface area (Å²) in [7, 11) is 0. The van der Waals surface area contributed by atoms with E-state index in [9.17, 15) is 14.4 Å². The van der Waals surface area contributed by atoms with Crippen LogP contribution in [0.1, 0.15) is 5.56 Å². The van der Waals surface area contributed by atoms with Gasteiger partial charge in [-0.25, -0.2) is 4.79 Å². The highest BCUT2D eigenvalue weighted by molar-refractivity contribution is 5.92. The van der Waals surface area contributed by atoms with Gasteiger partial charge in [0.15, 0.2) is 0 Å². The Labute approximate surface area is 138 Å². The summed E-state index contributed by atoms with van der Waals surface area (Å²) in [6.45, 7) is -1.39. The topological polar surface area (TPSA) is 162 Å². The van der Waals surface area contributed by atoms with Crippen molar-refractivity contribution in [2.45, 2.75) is 24.5 Å². The van der Waals surface area contributed by atoms with E-state index in [1.165, 1.54) is 0 Å². The highest BCUT2D eigenvalue weighted by Crippen LogP contribution is 2.04. The summed E-state index contributed by atoms with van der Waals surface area (Å²) in [5.41, 5.74) is 6.13. The van der Waals surface area contributed by atoms with Gasteiger partial charge in [-0.2, -0.15) is 0 Å². The standard InChI is InChI=1S/C15H21N3O6/c16-10(7-19)13(21)17-11(6-9-4-2-1-3-5-9)14(22)18-12(8-20)15(23)24/h1-5,10-12,19-20H,6-8,16H2,(H,17,21)(H,18,22)(H,23,24)/t10-,11-,12-/m0/s1. The van der Waals surface area contributed by atoms with Gasteiger partial charge in [0.2, 0.25) is 11.8 Å². The number of rotatable bonds is 9. The first-order valence-electron chi connectivity index (χ1n) is 7.23. The van der Waals surface area contributed by atoms with E-state index in [-0.39, 0.29) is 6.42 Å². The fraction of sp³-hybridized carbons (Fsp3) is 0.400. The number of carboxylic acid groups (broad SMARTS) is 1. The Morgan fingerprint density at radius 1 is 0.958 bits per heavy atom. The summed E-state index contributed by atoms with van der Waals surface area (Å²) in [4.78, 5) is 35.0. The van der Waals surface area contributed by atoms with E-state index in [2.05, 4.69) is 10.6 Å². The Bertz CT molecular complexity index is 566. The third-order valence-corrected chi connectivity index (χ3v) is 3.25. The van der Waals surface area contributed by atoms with E-state index >= 15 is 0 Å². The van der Waals surface area contributed by atoms with Crippen molar-refractivity contribution in [3.8, 4) is 0 Å². The van der Waals surface area contributed by atoms with Gasteiger partial charge in [-0.3, -0.25) is 9.59 Å². The second-order valence-corrected chi connectivity index (χ2v) is 5.12. The normalized spacial score (nSPS) is 14.3.